The first-order chi connectivity index (χ1) is 10.3. The highest BCUT2D eigenvalue weighted by Gasteiger charge is 2.31. The van der Waals surface area contributed by atoms with Crippen molar-refractivity contribution < 1.29 is 4.74 Å². The first kappa shape index (κ1) is 16.4. The SMILES string of the molecule is CCCCOc1ccc(CNCC2(CC)CCCC2)cc1. The van der Waals surface area contributed by atoms with E-state index in [0.717, 1.165) is 31.9 Å². The molecule has 1 fully saturated rings. The molecule has 2 nitrogen and oxygen atoms in total. The molecule has 1 aromatic rings. The molecule has 0 spiro atoms. The Bertz CT molecular complexity index is 393. The molecule has 1 aromatic carbocycles. The smallest absolute Gasteiger partial charge is 0.119 e. The van der Waals surface area contributed by atoms with E-state index in [4.69, 9.17) is 4.74 Å². The van der Waals surface area contributed by atoms with Crippen LogP contribution in [0.1, 0.15) is 64.4 Å². The molecule has 0 atom stereocenters. The molecule has 0 saturated heterocycles. The van der Waals surface area contributed by atoms with Crippen molar-refractivity contribution in [1.82, 2.24) is 5.32 Å². The fourth-order valence-corrected chi connectivity index (χ4v) is 3.29. The summed E-state index contributed by atoms with van der Waals surface area (Å²) in [5, 5.41) is 3.67. The molecular weight excluding hydrogens is 258 g/mol. The zero-order valence-electron chi connectivity index (χ0n) is 13.8. The molecule has 0 aromatic heterocycles. The predicted octanol–water partition coefficient (Wildman–Crippen LogP) is 4.93. The molecule has 0 heterocycles. The van der Waals surface area contributed by atoms with Gasteiger partial charge in [-0.1, -0.05) is 45.2 Å². The zero-order chi connectivity index (χ0) is 15.0. The van der Waals surface area contributed by atoms with E-state index < -0.39 is 0 Å². The topological polar surface area (TPSA) is 21.3 Å². The Kier molecular flexibility index (Phi) is 6.56. The molecule has 0 radical (unpaired) electrons. The molecule has 1 aliphatic rings. The van der Waals surface area contributed by atoms with Gasteiger partial charge < -0.3 is 10.1 Å². The van der Waals surface area contributed by atoms with Gasteiger partial charge in [-0.25, -0.2) is 0 Å². The minimum atomic E-state index is 0.573. The minimum absolute atomic E-state index is 0.573. The Labute approximate surface area is 130 Å². The maximum Gasteiger partial charge on any atom is 0.119 e. The highest BCUT2D eigenvalue weighted by molar-refractivity contribution is 5.27. The van der Waals surface area contributed by atoms with Crippen LogP contribution in [0.5, 0.6) is 5.75 Å². The molecular formula is C19H31NO. The standard InChI is InChI=1S/C19H31NO/c1-3-5-14-21-18-10-8-17(9-11-18)15-20-16-19(4-2)12-6-7-13-19/h8-11,20H,3-7,12-16H2,1-2H3. The van der Waals surface area contributed by atoms with Crippen LogP contribution in [0.25, 0.3) is 0 Å². The van der Waals surface area contributed by atoms with Crippen LogP contribution in [0.4, 0.5) is 0 Å². The van der Waals surface area contributed by atoms with Crippen molar-refractivity contribution in [3.8, 4) is 5.75 Å². The number of hydrogen-bond donors (Lipinski definition) is 1. The molecule has 0 aliphatic heterocycles. The molecule has 1 saturated carbocycles. The van der Waals surface area contributed by atoms with Gasteiger partial charge in [0.15, 0.2) is 0 Å². The first-order valence-electron chi connectivity index (χ1n) is 8.70. The van der Waals surface area contributed by atoms with E-state index in [9.17, 15) is 0 Å². The van der Waals surface area contributed by atoms with Gasteiger partial charge >= 0.3 is 0 Å². The normalized spacial score (nSPS) is 17.0. The van der Waals surface area contributed by atoms with Crippen molar-refractivity contribution in [2.24, 2.45) is 5.41 Å². The van der Waals surface area contributed by atoms with Gasteiger partial charge in [0.25, 0.3) is 0 Å². The number of nitrogens with one attached hydrogen (secondary N) is 1. The van der Waals surface area contributed by atoms with E-state index in [-0.39, 0.29) is 0 Å². The molecule has 1 N–H and O–H groups in total. The van der Waals surface area contributed by atoms with Crippen LogP contribution < -0.4 is 10.1 Å². The van der Waals surface area contributed by atoms with E-state index in [1.807, 2.05) is 0 Å². The third-order valence-corrected chi connectivity index (χ3v) is 4.93. The summed E-state index contributed by atoms with van der Waals surface area (Å²) in [5.74, 6) is 0.994. The Morgan fingerprint density at radius 2 is 1.81 bits per heavy atom. The van der Waals surface area contributed by atoms with E-state index in [2.05, 4.69) is 43.4 Å². The first-order valence-corrected chi connectivity index (χ1v) is 8.70. The molecule has 2 heteroatoms. The van der Waals surface area contributed by atoms with Crippen LogP contribution in [0.2, 0.25) is 0 Å². The van der Waals surface area contributed by atoms with Crippen molar-refractivity contribution in [2.75, 3.05) is 13.2 Å². The maximum absolute atomic E-state index is 5.70. The van der Waals surface area contributed by atoms with Crippen molar-refractivity contribution in [2.45, 2.75) is 65.3 Å². The lowest BCUT2D eigenvalue weighted by Gasteiger charge is -2.27. The molecule has 21 heavy (non-hydrogen) atoms. The van der Waals surface area contributed by atoms with Gasteiger partial charge in [0.1, 0.15) is 5.75 Å². The molecule has 118 valence electrons. The lowest BCUT2D eigenvalue weighted by molar-refractivity contribution is 0.268. The van der Waals surface area contributed by atoms with Crippen molar-refractivity contribution >= 4 is 0 Å². The largest absolute Gasteiger partial charge is 0.494 e. The highest BCUT2D eigenvalue weighted by Crippen LogP contribution is 2.40. The van der Waals surface area contributed by atoms with E-state index in [0.29, 0.717) is 5.41 Å². The van der Waals surface area contributed by atoms with Gasteiger partial charge in [0.2, 0.25) is 0 Å². The van der Waals surface area contributed by atoms with Crippen molar-refractivity contribution in [1.29, 1.82) is 0 Å². The Hall–Kier alpha value is -1.02. The van der Waals surface area contributed by atoms with Gasteiger partial charge in [-0.2, -0.15) is 0 Å². The van der Waals surface area contributed by atoms with E-state index in [1.54, 1.807) is 0 Å². The van der Waals surface area contributed by atoms with Gasteiger partial charge in [-0.3, -0.25) is 0 Å². The number of ether oxygens (including phenoxy) is 1. The summed E-state index contributed by atoms with van der Waals surface area (Å²) in [6.45, 7) is 7.49. The number of benzene rings is 1. The van der Waals surface area contributed by atoms with Crippen LogP contribution in [0, 0.1) is 5.41 Å². The zero-order valence-corrected chi connectivity index (χ0v) is 13.8. The average molecular weight is 289 g/mol. The third-order valence-electron chi connectivity index (χ3n) is 4.93. The fraction of sp³-hybridized carbons (Fsp3) is 0.684. The summed E-state index contributed by atoms with van der Waals surface area (Å²) in [4.78, 5) is 0. The monoisotopic (exact) mass is 289 g/mol. The summed E-state index contributed by atoms with van der Waals surface area (Å²) in [6, 6.07) is 8.55. The molecule has 2 rings (SSSR count). The van der Waals surface area contributed by atoms with Gasteiger partial charge in [-0.15, -0.1) is 0 Å². The van der Waals surface area contributed by atoms with Crippen LogP contribution in [-0.2, 0) is 6.54 Å². The lowest BCUT2D eigenvalue weighted by Crippen LogP contribution is -2.31. The number of hydrogen-bond acceptors (Lipinski definition) is 2. The van der Waals surface area contributed by atoms with Gasteiger partial charge in [0, 0.05) is 13.1 Å². The Morgan fingerprint density at radius 3 is 2.43 bits per heavy atom. The second-order valence-corrected chi connectivity index (χ2v) is 6.51. The highest BCUT2D eigenvalue weighted by atomic mass is 16.5. The van der Waals surface area contributed by atoms with Gasteiger partial charge in [-0.05, 0) is 48.8 Å². The second kappa shape index (κ2) is 8.43. The van der Waals surface area contributed by atoms with Crippen LogP contribution in [0.3, 0.4) is 0 Å². The van der Waals surface area contributed by atoms with Crippen molar-refractivity contribution in [3.63, 3.8) is 0 Å². The minimum Gasteiger partial charge on any atom is -0.494 e. The molecule has 0 bridgehead atoms. The average Bonchev–Trinajstić information content (AvgIpc) is 2.99. The van der Waals surface area contributed by atoms with Crippen LogP contribution in [0.15, 0.2) is 24.3 Å². The van der Waals surface area contributed by atoms with Crippen LogP contribution in [-0.4, -0.2) is 13.2 Å². The van der Waals surface area contributed by atoms with E-state index >= 15 is 0 Å². The summed E-state index contributed by atoms with van der Waals surface area (Å²) in [5.41, 5.74) is 1.92. The summed E-state index contributed by atoms with van der Waals surface area (Å²) in [7, 11) is 0. The molecule has 0 unspecified atom stereocenters. The summed E-state index contributed by atoms with van der Waals surface area (Å²) >= 11 is 0. The quantitative estimate of drug-likeness (QED) is 0.651. The molecule has 0 amide bonds. The van der Waals surface area contributed by atoms with Gasteiger partial charge in [0.05, 0.1) is 6.61 Å². The fourth-order valence-electron chi connectivity index (χ4n) is 3.29. The van der Waals surface area contributed by atoms with E-state index in [1.165, 1.54) is 44.1 Å². The second-order valence-electron chi connectivity index (χ2n) is 6.51. The predicted molar refractivity (Wildman–Crippen MR) is 89.7 cm³/mol. The number of rotatable bonds is 9. The van der Waals surface area contributed by atoms with Crippen LogP contribution >= 0.6 is 0 Å². The van der Waals surface area contributed by atoms with Crippen molar-refractivity contribution in [3.05, 3.63) is 29.8 Å². The summed E-state index contributed by atoms with van der Waals surface area (Å²) in [6.07, 6.45) is 9.26. The third kappa shape index (κ3) is 5.03. The number of unbranched alkanes of at least 4 members (excludes halogenated alkanes) is 1. The Balaban J connectivity index is 1.73. The maximum atomic E-state index is 5.70. The Morgan fingerprint density at radius 1 is 1.10 bits per heavy atom. The lowest BCUT2D eigenvalue weighted by atomic mass is 9.83. The summed E-state index contributed by atoms with van der Waals surface area (Å²) < 4.78 is 5.70. The molecule has 1 aliphatic carbocycles.